The Balaban J connectivity index is 1.67. The molecular weight excluding hydrogens is 819 g/mol. The minimum absolute atomic E-state index is 0.0678. The van der Waals surface area contributed by atoms with E-state index in [-0.39, 0.29) is 48.0 Å². The van der Waals surface area contributed by atoms with Crippen LogP contribution in [0.2, 0.25) is 0 Å². The number of allylic oxidation sites excluding steroid dienone is 6. The van der Waals surface area contributed by atoms with Crippen LogP contribution in [0.25, 0.3) is 0 Å². The summed E-state index contributed by atoms with van der Waals surface area (Å²) in [6.07, 6.45) is 14.5. The van der Waals surface area contributed by atoms with Gasteiger partial charge in [0.2, 0.25) is 5.79 Å². The highest BCUT2D eigenvalue weighted by molar-refractivity contribution is 6.39. The fourth-order valence-electron chi connectivity index (χ4n) is 10.3. The standard InChI is InChI=1S/C51H81NO12/c1-31-16-12-11-13-17-33(3)43(60-8)30-39-22-20-37(7)51(59,64-39)48(56)49(57)52-25-15-14-18-40(52)50(58)63-42(34(4)28-38-21-23-41(53)44(29-38)61-9)24-19-32(2)27-36(6)46(55)47(62-10)45(54)35(5)26-31/h11-13,16-17,27,31-32,34-35,37-44,46-47,53,55,59H,14-15,18-26,28-30H2,1-10H3/b13-11?,16-12+,33-17?,36-27+/t31-,32+,34?,35-,37-,38+,39+,40+,41-,42+,43+,44-,46-,47+,51-/m1/s1. The molecule has 2 bridgehead atoms. The normalized spacial score (nSPS) is 39.5. The molecule has 13 nitrogen and oxygen atoms in total. The smallest absolute Gasteiger partial charge is 0.329 e. The van der Waals surface area contributed by atoms with Crippen molar-refractivity contribution in [1.29, 1.82) is 0 Å². The fourth-order valence-corrected chi connectivity index (χ4v) is 10.3. The van der Waals surface area contributed by atoms with E-state index in [1.165, 1.54) is 12.0 Å². The van der Waals surface area contributed by atoms with Gasteiger partial charge in [-0.15, -0.1) is 0 Å². The number of esters is 1. The van der Waals surface area contributed by atoms with Crippen LogP contribution in [0.5, 0.6) is 0 Å². The molecule has 13 heteroatoms. The van der Waals surface area contributed by atoms with Gasteiger partial charge < -0.3 is 43.9 Å². The lowest BCUT2D eigenvalue weighted by Gasteiger charge is -2.42. The van der Waals surface area contributed by atoms with Crippen LogP contribution in [0.3, 0.4) is 0 Å². The maximum Gasteiger partial charge on any atom is 0.329 e. The third kappa shape index (κ3) is 14.2. The monoisotopic (exact) mass is 900 g/mol. The summed E-state index contributed by atoms with van der Waals surface area (Å²) in [5, 5.41) is 33.9. The molecule has 15 atom stereocenters. The number of amides is 1. The van der Waals surface area contributed by atoms with Gasteiger partial charge in [0.15, 0.2) is 5.78 Å². The van der Waals surface area contributed by atoms with Crippen LogP contribution < -0.4 is 0 Å². The molecule has 0 spiro atoms. The molecule has 0 aromatic rings. The summed E-state index contributed by atoms with van der Waals surface area (Å²) in [5.41, 5.74) is 1.51. The molecule has 0 aromatic carbocycles. The van der Waals surface area contributed by atoms with Gasteiger partial charge in [0.05, 0.1) is 24.4 Å². The number of methoxy groups -OCH3 is 3. The molecule has 0 aromatic heterocycles. The molecule has 64 heavy (non-hydrogen) atoms. The number of aliphatic hydroxyl groups is 3. The van der Waals surface area contributed by atoms with Gasteiger partial charge in [-0.3, -0.25) is 14.4 Å². The van der Waals surface area contributed by atoms with E-state index in [9.17, 15) is 34.5 Å². The van der Waals surface area contributed by atoms with Crippen LogP contribution in [-0.4, -0.2) is 126 Å². The Kier molecular flexibility index (Phi) is 21.1. The first kappa shape index (κ1) is 53.6. The van der Waals surface area contributed by atoms with Crippen molar-refractivity contribution in [1.82, 2.24) is 4.90 Å². The number of fused-ring (bicyclic) bond motifs is 3. The average Bonchev–Trinajstić information content (AvgIpc) is 3.27. The second kappa shape index (κ2) is 25.2. The topological polar surface area (TPSA) is 178 Å². The number of ether oxygens (including phenoxy) is 5. The third-order valence-electron chi connectivity index (χ3n) is 14.5. The molecule has 1 unspecified atom stereocenters. The number of carbonyl (C=O) groups excluding carboxylic acids is 4. The summed E-state index contributed by atoms with van der Waals surface area (Å²) in [4.78, 5) is 57.8. The number of rotatable bonds is 6. The molecule has 3 heterocycles. The molecule has 4 aliphatic rings. The largest absolute Gasteiger partial charge is 0.461 e. The van der Waals surface area contributed by atoms with E-state index < -0.39 is 72.0 Å². The number of carbonyl (C=O) groups is 4. The van der Waals surface area contributed by atoms with E-state index in [1.54, 1.807) is 28.1 Å². The van der Waals surface area contributed by atoms with Crippen LogP contribution in [0.4, 0.5) is 0 Å². The van der Waals surface area contributed by atoms with E-state index in [0.29, 0.717) is 76.2 Å². The third-order valence-corrected chi connectivity index (χ3v) is 14.5. The highest BCUT2D eigenvalue weighted by Gasteiger charge is 2.53. The van der Waals surface area contributed by atoms with Gasteiger partial charge in [0.25, 0.3) is 11.7 Å². The highest BCUT2D eigenvalue weighted by atomic mass is 16.6. The predicted octanol–water partition coefficient (Wildman–Crippen LogP) is 7.00. The fraction of sp³-hybridized carbons (Fsp3) is 0.765. The number of piperidine rings is 1. The van der Waals surface area contributed by atoms with E-state index in [1.807, 2.05) is 64.2 Å². The zero-order valence-corrected chi connectivity index (χ0v) is 40.4. The Morgan fingerprint density at radius 3 is 2.23 bits per heavy atom. The van der Waals surface area contributed by atoms with Crippen molar-refractivity contribution in [2.45, 2.75) is 186 Å². The first-order chi connectivity index (χ1) is 30.3. The van der Waals surface area contributed by atoms with Crippen molar-refractivity contribution in [3.8, 4) is 0 Å². The first-order valence-corrected chi connectivity index (χ1v) is 24.0. The lowest BCUT2D eigenvalue weighted by Crippen LogP contribution is -2.61. The molecule has 1 amide bonds. The number of cyclic esters (lactones) is 1. The number of hydrogen-bond acceptors (Lipinski definition) is 12. The van der Waals surface area contributed by atoms with Gasteiger partial charge in [-0.05, 0) is 126 Å². The Morgan fingerprint density at radius 1 is 0.812 bits per heavy atom. The molecular formula is C51H81NO12. The van der Waals surface area contributed by atoms with Crippen molar-refractivity contribution in [3.63, 3.8) is 0 Å². The van der Waals surface area contributed by atoms with Gasteiger partial charge in [0.1, 0.15) is 24.4 Å². The lowest BCUT2D eigenvalue weighted by atomic mass is 9.78. The van der Waals surface area contributed by atoms with Crippen LogP contribution >= 0.6 is 0 Å². The Morgan fingerprint density at radius 2 is 1.55 bits per heavy atom. The van der Waals surface area contributed by atoms with Crippen molar-refractivity contribution in [3.05, 3.63) is 47.6 Å². The van der Waals surface area contributed by atoms with Crippen LogP contribution in [0.15, 0.2) is 47.6 Å². The summed E-state index contributed by atoms with van der Waals surface area (Å²) < 4.78 is 29.6. The molecule has 1 saturated carbocycles. The van der Waals surface area contributed by atoms with E-state index in [4.69, 9.17) is 23.7 Å². The molecule has 0 radical (unpaired) electrons. The van der Waals surface area contributed by atoms with Gasteiger partial charge in [0, 0.05) is 46.1 Å². The van der Waals surface area contributed by atoms with Crippen molar-refractivity contribution in [2.24, 2.45) is 35.5 Å². The van der Waals surface area contributed by atoms with E-state index in [2.05, 4.69) is 6.92 Å². The summed E-state index contributed by atoms with van der Waals surface area (Å²) >= 11 is 0. The van der Waals surface area contributed by atoms with Gasteiger partial charge in [-0.1, -0.05) is 71.1 Å². The number of aliphatic hydroxyl groups excluding tert-OH is 2. The van der Waals surface area contributed by atoms with E-state index >= 15 is 0 Å². The Bertz CT molecular complexity index is 1670. The van der Waals surface area contributed by atoms with Gasteiger partial charge in [-0.2, -0.15) is 0 Å². The number of hydrogen-bond donors (Lipinski definition) is 3. The minimum Gasteiger partial charge on any atom is -0.461 e. The summed E-state index contributed by atoms with van der Waals surface area (Å²) in [7, 11) is 4.65. The highest BCUT2D eigenvalue weighted by Crippen LogP contribution is 2.38. The molecule has 362 valence electrons. The molecule has 1 aliphatic carbocycles. The first-order valence-electron chi connectivity index (χ1n) is 24.0. The molecule has 2 saturated heterocycles. The number of Topliss-reactive ketones (excluding diaryl/α,β-unsaturated/α-hetero) is 2. The van der Waals surface area contributed by atoms with Crippen LogP contribution in [0.1, 0.15) is 132 Å². The molecule has 4 rings (SSSR count). The van der Waals surface area contributed by atoms with Gasteiger partial charge in [-0.25, -0.2) is 4.79 Å². The quantitative estimate of drug-likeness (QED) is 0.142. The van der Waals surface area contributed by atoms with Gasteiger partial charge >= 0.3 is 5.97 Å². The molecule has 3 aliphatic heterocycles. The average molecular weight is 900 g/mol. The maximum absolute atomic E-state index is 14.4. The second-order valence-electron chi connectivity index (χ2n) is 19.7. The summed E-state index contributed by atoms with van der Waals surface area (Å²) in [6, 6.07) is -1.02. The summed E-state index contributed by atoms with van der Waals surface area (Å²) in [6.45, 7) is 13.6. The molecule has 3 fully saturated rings. The second-order valence-corrected chi connectivity index (χ2v) is 19.7. The summed E-state index contributed by atoms with van der Waals surface area (Å²) in [5.74, 6) is -6.09. The van der Waals surface area contributed by atoms with Crippen LogP contribution in [-0.2, 0) is 42.9 Å². The molecule has 3 N–H and O–H groups in total. The number of ketones is 2. The Hall–Kier alpha value is -3.04. The Labute approximate surface area is 383 Å². The van der Waals surface area contributed by atoms with Crippen molar-refractivity contribution < 1.29 is 58.2 Å². The zero-order chi connectivity index (χ0) is 47.3. The van der Waals surface area contributed by atoms with Crippen molar-refractivity contribution in [2.75, 3.05) is 27.9 Å². The van der Waals surface area contributed by atoms with Crippen LogP contribution in [0, 0.1) is 35.5 Å². The number of nitrogens with zero attached hydrogens (tertiary/aromatic N) is 1. The van der Waals surface area contributed by atoms with E-state index in [0.717, 1.165) is 18.4 Å². The SMILES string of the molecule is CO[C@H]1C[C@@H]2CC[C@@H](C)[C@@](O)(O2)C(=O)C(=O)N2CCCC[C@H]2C(=O)O[C@H](C(C)C[C@@H]2CC[C@@H](O)[C@H](OC)C2)CC[C@H](C)/C=C(\C)[C@@H](O)[C@@H](OC)C(=O)[C@H](C)C[C@H](C)/C=C/C=CC=C1C. The minimum atomic E-state index is -2.38. The lowest BCUT2D eigenvalue weighted by molar-refractivity contribution is -0.265. The van der Waals surface area contributed by atoms with Crippen molar-refractivity contribution >= 4 is 23.4 Å². The predicted molar refractivity (Wildman–Crippen MR) is 245 cm³/mol. The maximum atomic E-state index is 14.4. The zero-order valence-electron chi connectivity index (χ0n) is 40.4.